The highest BCUT2D eigenvalue weighted by molar-refractivity contribution is 9.28. The predicted molar refractivity (Wildman–Crippen MR) is 69.6 cm³/mol. The van der Waals surface area contributed by atoms with Crippen molar-refractivity contribution in [3.8, 4) is 0 Å². The second-order valence-corrected chi connectivity index (χ2v) is 5.99. The number of benzene rings is 1. The first-order chi connectivity index (χ1) is 6.25. The Morgan fingerprint density at radius 3 is 2.15 bits per heavy atom. The van der Waals surface area contributed by atoms with E-state index in [2.05, 4.69) is 59.9 Å². The zero-order valence-corrected chi connectivity index (χ0v) is 11.7. The van der Waals surface area contributed by atoms with Crippen LogP contribution in [-0.2, 0) is 0 Å². The van der Waals surface area contributed by atoms with Crippen LogP contribution in [-0.4, -0.2) is 5.33 Å². The highest BCUT2D eigenvalue weighted by Crippen LogP contribution is 2.30. The van der Waals surface area contributed by atoms with E-state index in [0.29, 0.717) is 0 Å². The molecule has 0 nitrogen and oxygen atoms in total. The molecule has 13 heavy (non-hydrogen) atoms. The van der Waals surface area contributed by atoms with E-state index in [1.54, 1.807) is 0 Å². The highest BCUT2D eigenvalue weighted by atomic mass is 79.9. The topological polar surface area (TPSA) is 0 Å². The number of alkyl halides is 1. The Hall–Kier alpha value is 0.400. The van der Waals surface area contributed by atoms with Crippen LogP contribution in [0.15, 0.2) is 33.7 Å². The van der Waals surface area contributed by atoms with Gasteiger partial charge in [-0.3, -0.25) is 0 Å². The molecule has 1 aromatic rings. The molecule has 0 unspecified atom stereocenters. The molecule has 0 spiro atoms. The summed E-state index contributed by atoms with van der Waals surface area (Å²) in [5.41, 5.74) is 2.54. The fraction of sp³-hybridized carbons (Fsp3) is 0.200. The van der Waals surface area contributed by atoms with Crippen LogP contribution in [0, 0.1) is 0 Å². The van der Waals surface area contributed by atoms with Crippen LogP contribution in [0.2, 0.25) is 0 Å². The van der Waals surface area contributed by atoms with E-state index >= 15 is 0 Å². The van der Waals surface area contributed by atoms with Gasteiger partial charge >= 0.3 is 0 Å². The molecule has 0 aliphatic heterocycles. The van der Waals surface area contributed by atoms with Crippen molar-refractivity contribution in [1.29, 1.82) is 0 Å². The number of allylic oxidation sites excluding steroid dienone is 1. The van der Waals surface area contributed by atoms with Crippen molar-refractivity contribution in [3.05, 3.63) is 39.3 Å². The molecule has 1 rings (SSSR count). The fourth-order valence-corrected chi connectivity index (χ4v) is 2.33. The molecule has 70 valence electrons. The van der Waals surface area contributed by atoms with Crippen LogP contribution in [0.25, 0.3) is 5.57 Å². The van der Waals surface area contributed by atoms with Gasteiger partial charge < -0.3 is 0 Å². The molecular formula is C10H9Br3. The number of hydrogen-bond acceptors (Lipinski definition) is 0. The van der Waals surface area contributed by atoms with E-state index in [4.69, 9.17) is 0 Å². The zero-order chi connectivity index (χ0) is 9.68. The monoisotopic (exact) mass is 366 g/mol. The Morgan fingerprint density at radius 2 is 1.69 bits per heavy atom. The Balaban J connectivity index is 2.97. The van der Waals surface area contributed by atoms with Crippen LogP contribution < -0.4 is 0 Å². The van der Waals surface area contributed by atoms with Gasteiger partial charge in [-0.25, -0.2) is 0 Å². The summed E-state index contributed by atoms with van der Waals surface area (Å²) in [6.45, 7) is 0. The highest BCUT2D eigenvalue weighted by Gasteiger charge is 2.03. The molecule has 0 fully saturated rings. The molecule has 0 radical (unpaired) electrons. The number of halogens is 3. The smallest absolute Gasteiger partial charge is 0.0642 e. The lowest BCUT2D eigenvalue weighted by atomic mass is 10.1. The van der Waals surface area contributed by atoms with Crippen molar-refractivity contribution in [2.75, 3.05) is 5.33 Å². The predicted octanol–water partition coefficient (Wildman–Crippen LogP) is 4.93. The van der Waals surface area contributed by atoms with E-state index < -0.39 is 0 Å². The molecule has 0 atom stereocenters. The fourth-order valence-electron chi connectivity index (χ4n) is 1.08. The van der Waals surface area contributed by atoms with E-state index in [0.717, 1.165) is 15.1 Å². The summed E-state index contributed by atoms with van der Waals surface area (Å²) in [5.74, 6) is 0. The van der Waals surface area contributed by atoms with Crippen LogP contribution in [0.1, 0.15) is 12.0 Å². The standard InChI is InChI=1S/C10H9Br3/c11-7-6-9(10(12)13)8-4-2-1-3-5-8/h1-5H,6-7H2. The molecule has 3 heteroatoms. The van der Waals surface area contributed by atoms with Crippen LogP contribution in [0.3, 0.4) is 0 Å². The van der Waals surface area contributed by atoms with Crippen molar-refractivity contribution >= 4 is 53.4 Å². The minimum Gasteiger partial charge on any atom is -0.0924 e. The summed E-state index contributed by atoms with van der Waals surface area (Å²) >= 11 is 10.3. The summed E-state index contributed by atoms with van der Waals surface area (Å²) in [6, 6.07) is 10.3. The second kappa shape index (κ2) is 5.99. The SMILES string of the molecule is BrCCC(=C(Br)Br)c1ccccc1. The molecular weight excluding hydrogens is 360 g/mol. The summed E-state index contributed by atoms with van der Waals surface area (Å²) < 4.78 is 1.03. The first-order valence-corrected chi connectivity index (χ1v) is 6.62. The van der Waals surface area contributed by atoms with Gasteiger partial charge in [0.2, 0.25) is 0 Å². The maximum Gasteiger partial charge on any atom is 0.0642 e. The van der Waals surface area contributed by atoms with Gasteiger partial charge in [-0.05, 0) is 49.4 Å². The Kier molecular flexibility index (Phi) is 5.29. The molecule has 0 saturated heterocycles. The van der Waals surface area contributed by atoms with Gasteiger partial charge in [0.15, 0.2) is 0 Å². The molecule has 0 aromatic heterocycles. The van der Waals surface area contributed by atoms with Gasteiger partial charge in [0, 0.05) is 5.33 Å². The normalized spacial score (nSPS) is 9.77. The van der Waals surface area contributed by atoms with Gasteiger partial charge in [0.05, 0.1) is 3.39 Å². The lowest BCUT2D eigenvalue weighted by Gasteiger charge is -2.05. The van der Waals surface area contributed by atoms with Crippen LogP contribution >= 0.6 is 47.8 Å². The maximum atomic E-state index is 3.45. The number of hydrogen-bond donors (Lipinski definition) is 0. The van der Waals surface area contributed by atoms with Crippen molar-refractivity contribution in [1.82, 2.24) is 0 Å². The lowest BCUT2D eigenvalue weighted by Crippen LogP contribution is -1.85. The first kappa shape index (κ1) is 11.5. The Morgan fingerprint density at radius 1 is 1.08 bits per heavy atom. The van der Waals surface area contributed by atoms with E-state index in [1.165, 1.54) is 11.1 Å². The average molecular weight is 369 g/mol. The minimum atomic E-state index is 0.970. The van der Waals surface area contributed by atoms with Crippen molar-refractivity contribution in [2.24, 2.45) is 0 Å². The van der Waals surface area contributed by atoms with Gasteiger partial charge in [0.25, 0.3) is 0 Å². The molecule has 0 heterocycles. The summed E-state index contributed by atoms with van der Waals surface area (Å²) in [4.78, 5) is 0. The largest absolute Gasteiger partial charge is 0.0924 e. The average Bonchev–Trinajstić information content (AvgIpc) is 2.15. The third-order valence-electron chi connectivity index (χ3n) is 1.69. The maximum absolute atomic E-state index is 3.45. The second-order valence-electron chi connectivity index (χ2n) is 2.54. The molecule has 0 saturated carbocycles. The van der Waals surface area contributed by atoms with Gasteiger partial charge in [0.1, 0.15) is 0 Å². The van der Waals surface area contributed by atoms with E-state index in [9.17, 15) is 0 Å². The van der Waals surface area contributed by atoms with Gasteiger partial charge in [-0.1, -0.05) is 46.3 Å². The third-order valence-corrected chi connectivity index (χ3v) is 3.05. The number of rotatable bonds is 3. The van der Waals surface area contributed by atoms with E-state index in [-0.39, 0.29) is 0 Å². The summed E-state index contributed by atoms with van der Waals surface area (Å²) in [7, 11) is 0. The molecule has 0 N–H and O–H groups in total. The van der Waals surface area contributed by atoms with Crippen molar-refractivity contribution in [2.45, 2.75) is 6.42 Å². The lowest BCUT2D eigenvalue weighted by molar-refractivity contribution is 1.28. The van der Waals surface area contributed by atoms with Gasteiger partial charge in [-0.15, -0.1) is 0 Å². The van der Waals surface area contributed by atoms with Crippen LogP contribution in [0.4, 0.5) is 0 Å². The zero-order valence-electron chi connectivity index (χ0n) is 6.93. The van der Waals surface area contributed by atoms with Crippen LogP contribution in [0.5, 0.6) is 0 Å². The summed E-state index contributed by atoms with van der Waals surface area (Å²) in [6.07, 6.45) is 1.01. The molecule has 0 aliphatic carbocycles. The first-order valence-electron chi connectivity index (χ1n) is 3.91. The van der Waals surface area contributed by atoms with E-state index in [1.807, 2.05) is 18.2 Å². The molecule has 0 aliphatic rings. The molecule has 0 amide bonds. The van der Waals surface area contributed by atoms with Gasteiger partial charge in [-0.2, -0.15) is 0 Å². The quantitative estimate of drug-likeness (QED) is 0.663. The summed E-state index contributed by atoms with van der Waals surface area (Å²) in [5, 5.41) is 0.970. The minimum absolute atomic E-state index is 0.970. The third kappa shape index (κ3) is 3.56. The Bertz CT molecular complexity index is 286. The van der Waals surface area contributed by atoms with Crippen molar-refractivity contribution in [3.63, 3.8) is 0 Å². The molecule has 1 aromatic carbocycles. The van der Waals surface area contributed by atoms with Crippen molar-refractivity contribution < 1.29 is 0 Å². The molecule has 0 bridgehead atoms. The Labute approximate surface area is 104 Å².